The molecule has 0 amide bonds. The Morgan fingerprint density at radius 3 is 2.54 bits per heavy atom. The number of rotatable bonds is 7. The highest BCUT2D eigenvalue weighted by Gasteiger charge is 2.18. The van der Waals surface area contributed by atoms with Gasteiger partial charge in [-0.1, -0.05) is 18.2 Å². The number of nitrogens with zero attached hydrogens (tertiary/aromatic N) is 3. The molecule has 0 bridgehead atoms. The van der Waals surface area contributed by atoms with Gasteiger partial charge < -0.3 is 9.72 Å². The summed E-state index contributed by atoms with van der Waals surface area (Å²) in [6.45, 7) is 1.78. The molecule has 10 heteroatoms. The zero-order valence-corrected chi connectivity index (χ0v) is 21.0. The van der Waals surface area contributed by atoms with Gasteiger partial charge in [0.25, 0.3) is 0 Å². The molecule has 5 aromatic rings. The third kappa shape index (κ3) is 5.20. The number of H-pyrrole nitrogens is 1. The molecule has 8 nitrogen and oxygen atoms in total. The van der Waals surface area contributed by atoms with E-state index in [-0.39, 0.29) is 10.5 Å². The van der Waals surface area contributed by atoms with E-state index in [4.69, 9.17) is 9.88 Å². The van der Waals surface area contributed by atoms with Crippen LogP contribution in [0.1, 0.15) is 17.1 Å². The van der Waals surface area contributed by atoms with Crippen molar-refractivity contribution in [1.29, 1.82) is 0 Å². The number of halogens is 1. The number of fused-ring (bicyclic) bond motifs is 1. The van der Waals surface area contributed by atoms with Crippen LogP contribution in [0, 0.1) is 12.7 Å². The van der Waals surface area contributed by atoms with Gasteiger partial charge in [-0.25, -0.2) is 27.9 Å². The number of primary sulfonamides is 1. The van der Waals surface area contributed by atoms with Gasteiger partial charge in [-0.3, -0.25) is 4.98 Å². The Kier molecular flexibility index (Phi) is 6.45. The molecule has 0 fully saturated rings. The molecular formula is C27H24FN5O3S. The quantitative estimate of drug-likeness (QED) is 0.326. The largest absolute Gasteiger partial charge is 0.497 e. The number of hydrogen-bond acceptors (Lipinski definition) is 6. The third-order valence-electron chi connectivity index (χ3n) is 6.07. The Labute approximate surface area is 213 Å². The van der Waals surface area contributed by atoms with Crippen molar-refractivity contribution < 1.29 is 17.5 Å². The first kappa shape index (κ1) is 24.5. The van der Waals surface area contributed by atoms with Crippen molar-refractivity contribution in [2.24, 2.45) is 5.14 Å². The predicted octanol–water partition coefficient (Wildman–Crippen LogP) is 4.58. The van der Waals surface area contributed by atoms with Crippen LogP contribution in [0.5, 0.6) is 5.75 Å². The topological polar surface area (TPSA) is 124 Å². The zero-order chi connectivity index (χ0) is 26.2. The summed E-state index contributed by atoms with van der Waals surface area (Å²) in [5.41, 5.74) is 4.81. The summed E-state index contributed by atoms with van der Waals surface area (Å²) < 4.78 is 44.3. The molecule has 3 N–H and O–H groups in total. The maximum Gasteiger partial charge on any atom is 0.238 e. The summed E-state index contributed by atoms with van der Waals surface area (Å²) in [5.74, 6) is 1.03. The molecule has 5 rings (SSSR count). The summed E-state index contributed by atoms with van der Waals surface area (Å²) in [6.07, 6.45) is 4.64. The van der Waals surface area contributed by atoms with Crippen LogP contribution in [0.3, 0.4) is 0 Å². The number of hydrogen-bond donors (Lipinski definition) is 2. The lowest BCUT2D eigenvalue weighted by Crippen LogP contribution is -2.12. The molecule has 3 heterocycles. The van der Waals surface area contributed by atoms with Gasteiger partial charge in [0.15, 0.2) is 5.65 Å². The van der Waals surface area contributed by atoms with Crippen molar-refractivity contribution in [3.8, 4) is 28.0 Å². The SMILES string of the molecule is COc1ccnc(CCc2nc3cc(-c4ccc(S(N)(=O)=O)cc4-c4ccc(C)cc4F)cnc3[nH]2)c1. The Balaban J connectivity index is 1.52. The van der Waals surface area contributed by atoms with Gasteiger partial charge in [-0.15, -0.1) is 0 Å². The van der Waals surface area contributed by atoms with Crippen LogP contribution in [0.2, 0.25) is 0 Å². The lowest BCUT2D eigenvalue weighted by Gasteiger charge is -2.13. The summed E-state index contributed by atoms with van der Waals surface area (Å²) in [5, 5.41) is 5.36. The molecule has 0 saturated carbocycles. The van der Waals surface area contributed by atoms with E-state index < -0.39 is 15.8 Å². The second-order valence-electron chi connectivity index (χ2n) is 8.70. The first-order valence-electron chi connectivity index (χ1n) is 11.5. The normalized spacial score (nSPS) is 11.7. The lowest BCUT2D eigenvalue weighted by atomic mass is 9.94. The van der Waals surface area contributed by atoms with Gasteiger partial charge in [0.1, 0.15) is 22.9 Å². The van der Waals surface area contributed by atoms with E-state index in [1.54, 1.807) is 50.7 Å². The molecule has 37 heavy (non-hydrogen) atoms. The third-order valence-corrected chi connectivity index (χ3v) is 6.98. The minimum atomic E-state index is -3.99. The van der Waals surface area contributed by atoms with Crippen molar-refractivity contribution in [3.63, 3.8) is 0 Å². The van der Waals surface area contributed by atoms with Gasteiger partial charge in [-0.2, -0.15) is 0 Å². The van der Waals surface area contributed by atoms with Gasteiger partial charge in [0.05, 0.1) is 12.0 Å². The second-order valence-corrected chi connectivity index (χ2v) is 10.3. The average Bonchev–Trinajstić information content (AvgIpc) is 3.29. The van der Waals surface area contributed by atoms with E-state index in [0.29, 0.717) is 40.7 Å². The Morgan fingerprint density at radius 1 is 0.973 bits per heavy atom. The van der Waals surface area contributed by atoms with Crippen LogP contribution in [-0.2, 0) is 22.9 Å². The average molecular weight is 518 g/mol. The number of pyridine rings is 2. The zero-order valence-electron chi connectivity index (χ0n) is 20.2. The molecule has 2 aromatic carbocycles. The van der Waals surface area contributed by atoms with E-state index in [0.717, 1.165) is 22.8 Å². The lowest BCUT2D eigenvalue weighted by molar-refractivity contribution is 0.413. The molecule has 0 spiro atoms. The number of sulfonamides is 1. The highest BCUT2D eigenvalue weighted by atomic mass is 32.2. The number of methoxy groups -OCH3 is 1. The van der Waals surface area contributed by atoms with Crippen LogP contribution >= 0.6 is 0 Å². The summed E-state index contributed by atoms with van der Waals surface area (Å²) in [4.78, 5) is 16.7. The Morgan fingerprint density at radius 2 is 1.78 bits per heavy atom. The summed E-state index contributed by atoms with van der Waals surface area (Å²) in [6, 6.07) is 14.7. The van der Waals surface area contributed by atoms with Crippen LogP contribution in [0.4, 0.5) is 4.39 Å². The van der Waals surface area contributed by atoms with Gasteiger partial charge in [-0.05, 0) is 60.4 Å². The fraction of sp³-hybridized carbons (Fsp3) is 0.148. The number of ether oxygens (including phenoxy) is 1. The van der Waals surface area contributed by atoms with Crippen LogP contribution < -0.4 is 9.88 Å². The van der Waals surface area contributed by atoms with Gasteiger partial charge >= 0.3 is 0 Å². The minimum Gasteiger partial charge on any atom is -0.497 e. The van der Waals surface area contributed by atoms with E-state index in [1.807, 2.05) is 12.1 Å². The van der Waals surface area contributed by atoms with Crippen molar-refractivity contribution >= 4 is 21.2 Å². The van der Waals surface area contributed by atoms with Crippen molar-refractivity contribution in [1.82, 2.24) is 19.9 Å². The summed E-state index contributed by atoms with van der Waals surface area (Å²) >= 11 is 0. The van der Waals surface area contributed by atoms with Crippen LogP contribution in [-0.4, -0.2) is 35.5 Å². The number of aromatic nitrogens is 4. The standard InChI is InChI=1S/C27H24FN5O3S/c1-16-3-6-22(24(28)11-16)23-14-20(37(29,34)35)5-7-21(23)17-12-25-27(31-15-17)33-26(32-25)8-4-18-13-19(36-2)9-10-30-18/h3,5-7,9-15H,4,8H2,1-2H3,(H2,29,34,35)(H,31,32,33). The Hall–Kier alpha value is -4.15. The summed E-state index contributed by atoms with van der Waals surface area (Å²) in [7, 11) is -2.37. The Bertz CT molecular complexity index is 1730. The van der Waals surface area contributed by atoms with Crippen LogP contribution in [0.25, 0.3) is 33.4 Å². The molecule has 0 aliphatic rings. The molecular weight excluding hydrogens is 493 g/mol. The van der Waals surface area contributed by atoms with E-state index >= 15 is 0 Å². The molecule has 188 valence electrons. The van der Waals surface area contributed by atoms with E-state index in [9.17, 15) is 12.8 Å². The molecule has 0 aliphatic heterocycles. The maximum atomic E-state index is 15.0. The van der Waals surface area contributed by atoms with Crippen molar-refractivity contribution in [2.75, 3.05) is 7.11 Å². The fourth-order valence-electron chi connectivity index (χ4n) is 4.19. The minimum absolute atomic E-state index is 0.103. The van der Waals surface area contributed by atoms with E-state index in [2.05, 4.69) is 19.9 Å². The molecule has 0 radical (unpaired) electrons. The van der Waals surface area contributed by atoms with Crippen molar-refractivity contribution in [3.05, 3.63) is 89.9 Å². The fourth-order valence-corrected chi connectivity index (χ4v) is 4.73. The highest BCUT2D eigenvalue weighted by Crippen LogP contribution is 2.36. The van der Waals surface area contributed by atoms with Gasteiger partial charge in [0.2, 0.25) is 10.0 Å². The van der Waals surface area contributed by atoms with Gasteiger partial charge in [0, 0.05) is 41.7 Å². The number of nitrogens with two attached hydrogens (primary N) is 1. The number of aryl methyl sites for hydroxylation is 3. The predicted molar refractivity (Wildman–Crippen MR) is 139 cm³/mol. The first-order valence-corrected chi connectivity index (χ1v) is 13.0. The molecule has 0 unspecified atom stereocenters. The second kappa shape index (κ2) is 9.72. The molecule has 0 saturated heterocycles. The smallest absolute Gasteiger partial charge is 0.238 e. The number of imidazole rings is 1. The molecule has 3 aromatic heterocycles. The van der Waals surface area contributed by atoms with Crippen molar-refractivity contribution in [2.45, 2.75) is 24.7 Å². The number of benzene rings is 2. The van der Waals surface area contributed by atoms with Crippen LogP contribution in [0.15, 0.2) is 71.9 Å². The first-order chi connectivity index (χ1) is 17.7. The number of aromatic amines is 1. The highest BCUT2D eigenvalue weighted by molar-refractivity contribution is 7.89. The maximum absolute atomic E-state index is 15.0. The molecule has 0 aliphatic carbocycles. The monoisotopic (exact) mass is 517 g/mol. The van der Waals surface area contributed by atoms with E-state index in [1.165, 1.54) is 18.2 Å². The molecule has 0 atom stereocenters. The number of nitrogens with one attached hydrogen (secondary N) is 1.